The van der Waals surface area contributed by atoms with Gasteiger partial charge in [-0.1, -0.05) is 12.1 Å². The molecule has 1 aromatic carbocycles. The van der Waals surface area contributed by atoms with E-state index in [-0.39, 0.29) is 6.04 Å². The highest BCUT2D eigenvalue weighted by Gasteiger charge is 2.15. The molecule has 0 fully saturated rings. The lowest BCUT2D eigenvalue weighted by atomic mass is 9.99. The van der Waals surface area contributed by atoms with Gasteiger partial charge in [-0.25, -0.2) is 0 Å². The van der Waals surface area contributed by atoms with Crippen LogP contribution >= 0.6 is 22.6 Å². The third-order valence-electron chi connectivity index (χ3n) is 3.77. The zero-order chi connectivity index (χ0) is 15.4. The van der Waals surface area contributed by atoms with Crippen molar-refractivity contribution in [2.45, 2.75) is 26.3 Å². The summed E-state index contributed by atoms with van der Waals surface area (Å²) in [4.78, 5) is 4.60. The van der Waals surface area contributed by atoms with Crippen molar-refractivity contribution in [1.29, 1.82) is 0 Å². The summed E-state index contributed by atoms with van der Waals surface area (Å²) in [6.07, 6.45) is 2.74. The molecule has 112 valence electrons. The van der Waals surface area contributed by atoms with Crippen LogP contribution in [0.4, 0.5) is 0 Å². The minimum atomic E-state index is 0.251. The molecule has 1 heterocycles. The van der Waals surface area contributed by atoms with Crippen molar-refractivity contribution >= 4 is 22.6 Å². The van der Waals surface area contributed by atoms with E-state index in [1.165, 1.54) is 9.13 Å². The highest BCUT2D eigenvalue weighted by Crippen LogP contribution is 2.27. The first-order valence-electron chi connectivity index (χ1n) is 6.98. The number of rotatable bonds is 5. The topological polar surface area (TPSA) is 34.2 Å². The molecule has 0 amide bonds. The number of methoxy groups -OCH3 is 1. The number of nitrogens with zero attached hydrogens (tertiary/aromatic N) is 1. The second-order valence-electron chi connectivity index (χ2n) is 5.14. The molecule has 2 aromatic rings. The molecule has 0 bridgehead atoms. The summed E-state index contributed by atoms with van der Waals surface area (Å²) in [5.41, 5.74) is 4.56. The molecule has 1 unspecified atom stereocenters. The van der Waals surface area contributed by atoms with Crippen LogP contribution in [-0.2, 0) is 6.42 Å². The summed E-state index contributed by atoms with van der Waals surface area (Å²) in [5.74, 6) is 0.942. The smallest absolute Gasteiger partial charge is 0.128 e. The maximum absolute atomic E-state index is 5.49. The Hall–Kier alpha value is -1.14. The van der Waals surface area contributed by atoms with Crippen LogP contribution in [-0.4, -0.2) is 19.1 Å². The monoisotopic (exact) mass is 396 g/mol. The zero-order valence-electron chi connectivity index (χ0n) is 12.9. The van der Waals surface area contributed by atoms with Crippen LogP contribution < -0.4 is 10.1 Å². The number of aromatic nitrogens is 1. The Bertz CT molecular complexity index is 611. The van der Waals surface area contributed by atoms with Crippen molar-refractivity contribution in [3.05, 3.63) is 56.4 Å². The van der Waals surface area contributed by atoms with Crippen molar-refractivity contribution in [2.24, 2.45) is 0 Å². The van der Waals surface area contributed by atoms with Gasteiger partial charge in [0.15, 0.2) is 0 Å². The van der Waals surface area contributed by atoms with E-state index in [0.717, 1.165) is 29.0 Å². The van der Waals surface area contributed by atoms with E-state index in [1.807, 2.05) is 20.2 Å². The molecule has 0 aliphatic heterocycles. The molecular weight excluding hydrogens is 375 g/mol. The number of halogens is 1. The van der Waals surface area contributed by atoms with Crippen LogP contribution in [0.1, 0.15) is 28.4 Å². The predicted octanol–water partition coefficient (Wildman–Crippen LogP) is 3.81. The van der Waals surface area contributed by atoms with Gasteiger partial charge in [-0.15, -0.1) is 0 Å². The van der Waals surface area contributed by atoms with Crippen LogP contribution in [0.25, 0.3) is 0 Å². The standard InChI is InChI=1S/C17H21IN2O/c1-11-10-20-15(12(2)17(11)21-4)9-16(19-3)13-5-7-14(18)8-6-13/h5-8,10,16,19H,9H2,1-4H3. The minimum absolute atomic E-state index is 0.251. The zero-order valence-corrected chi connectivity index (χ0v) is 15.1. The first kappa shape index (κ1) is 16.2. The average Bonchev–Trinajstić information content (AvgIpc) is 2.48. The molecule has 0 aliphatic carbocycles. The Balaban J connectivity index is 2.29. The summed E-state index contributed by atoms with van der Waals surface area (Å²) < 4.78 is 6.74. The van der Waals surface area contributed by atoms with E-state index in [4.69, 9.17) is 4.74 Å². The molecule has 0 saturated carbocycles. The van der Waals surface area contributed by atoms with Gasteiger partial charge in [-0.05, 0) is 61.2 Å². The Morgan fingerprint density at radius 1 is 1.24 bits per heavy atom. The van der Waals surface area contributed by atoms with E-state index < -0.39 is 0 Å². The molecule has 0 saturated heterocycles. The van der Waals surface area contributed by atoms with Gasteiger partial charge in [-0.3, -0.25) is 4.98 Å². The van der Waals surface area contributed by atoms with Gasteiger partial charge in [0.1, 0.15) is 5.75 Å². The Labute approximate surface area is 140 Å². The Morgan fingerprint density at radius 3 is 2.48 bits per heavy atom. The molecule has 1 atom stereocenters. The number of nitrogens with one attached hydrogen (secondary N) is 1. The quantitative estimate of drug-likeness (QED) is 0.781. The summed E-state index contributed by atoms with van der Waals surface area (Å²) in [7, 11) is 3.71. The largest absolute Gasteiger partial charge is 0.496 e. The number of hydrogen-bond acceptors (Lipinski definition) is 3. The first-order chi connectivity index (χ1) is 10.1. The van der Waals surface area contributed by atoms with Crippen LogP contribution in [0, 0.1) is 17.4 Å². The number of ether oxygens (including phenoxy) is 1. The van der Waals surface area contributed by atoms with E-state index >= 15 is 0 Å². The molecule has 0 radical (unpaired) electrons. The van der Waals surface area contributed by atoms with Crippen LogP contribution in [0.2, 0.25) is 0 Å². The summed E-state index contributed by atoms with van der Waals surface area (Å²) >= 11 is 2.32. The Morgan fingerprint density at radius 2 is 1.90 bits per heavy atom. The van der Waals surface area contributed by atoms with Gasteiger partial charge in [0, 0.05) is 39.1 Å². The fourth-order valence-electron chi connectivity index (χ4n) is 2.55. The maximum atomic E-state index is 5.49. The fourth-order valence-corrected chi connectivity index (χ4v) is 2.91. The summed E-state index contributed by atoms with van der Waals surface area (Å²) in [6.45, 7) is 4.10. The average molecular weight is 396 g/mol. The molecule has 2 rings (SSSR count). The number of aryl methyl sites for hydroxylation is 1. The molecule has 0 aliphatic rings. The number of benzene rings is 1. The molecule has 3 nitrogen and oxygen atoms in total. The molecule has 1 aromatic heterocycles. The van der Waals surface area contributed by atoms with Crippen molar-refractivity contribution in [1.82, 2.24) is 10.3 Å². The lowest BCUT2D eigenvalue weighted by Crippen LogP contribution is -2.20. The molecule has 4 heteroatoms. The van der Waals surface area contributed by atoms with Gasteiger partial charge in [0.05, 0.1) is 7.11 Å². The lowest BCUT2D eigenvalue weighted by molar-refractivity contribution is 0.406. The predicted molar refractivity (Wildman–Crippen MR) is 94.9 cm³/mol. The van der Waals surface area contributed by atoms with E-state index in [9.17, 15) is 0 Å². The lowest BCUT2D eigenvalue weighted by Gasteiger charge is -2.19. The molecule has 21 heavy (non-hydrogen) atoms. The Kier molecular flexibility index (Phi) is 5.58. The highest BCUT2D eigenvalue weighted by atomic mass is 127. The van der Waals surface area contributed by atoms with E-state index in [1.54, 1.807) is 7.11 Å². The van der Waals surface area contributed by atoms with Crippen molar-refractivity contribution in [2.75, 3.05) is 14.2 Å². The minimum Gasteiger partial charge on any atom is -0.496 e. The third-order valence-corrected chi connectivity index (χ3v) is 4.49. The number of pyridine rings is 1. The molecular formula is C17H21IN2O. The SMILES string of the molecule is CNC(Cc1ncc(C)c(OC)c1C)c1ccc(I)cc1. The maximum Gasteiger partial charge on any atom is 0.128 e. The van der Waals surface area contributed by atoms with Gasteiger partial charge in [0.25, 0.3) is 0 Å². The molecule has 0 spiro atoms. The summed E-state index contributed by atoms with van der Waals surface area (Å²) in [6, 6.07) is 8.86. The van der Waals surface area contributed by atoms with Gasteiger partial charge < -0.3 is 10.1 Å². The van der Waals surface area contributed by atoms with E-state index in [2.05, 4.69) is 64.1 Å². The van der Waals surface area contributed by atoms with Crippen molar-refractivity contribution in [3.63, 3.8) is 0 Å². The van der Waals surface area contributed by atoms with E-state index in [0.29, 0.717) is 0 Å². The molecule has 1 N–H and O–H groups in total. The normalized spacial score (nSPS) is 12.2. The second kappa shape index (κ2) is 7.22. The third kappa shape index (κ3) is 3.74. The number of hydrogen-bond donors (Lipinski definition) is 1. The summed E-state index contributed by atoms with van der Waals surface area (Å²) in [5, 5.41) is 3.38. The highest BCUT2D eigenvalue weighted by molar-refractivity contribution is 14.1. The van der Waals surface area contributed by atoms with Crippen molar-refractivity contribution < 1.29 is 4.74 Å². The fraction of sp³-hybridized carbons (Fsp3) is 0.353. The van der Waals surface area contributed by atoms with Gasteiger partial charge in [0.2, 0.25) is 0 Å². The first-order valence-corrected chi connectivity index (χ1v) is 8.06. The second-order valence-corrected chi connectivity index (χ2v) is 6.39. The van der Waals surface area contributed by atoms with Crippen LogP contribution in [0.15, 0.2) is 30.5 Å². The van der Waals surface area contributed by atoms with Gasteiger partial charge >= 0.3 is 0 Å². The van der Waals surface area contributed by atoms with Gasteiger partial charge in [-0.2, -0.15) is 0 Å². The van der Waals surface area contributed by atoms with Crippen LogP contribution in [0.5, 0.6) is 5.75 Å². The number of likely N-dealkylation sites (N-methyl/N-ethyl adjacent to an activating group) is 1. The van der Waals surface area contributed by atoms with Crippen molar-refractivity contribution in [3.8, 4) is 5.75 Å². The van der Waals surface area contributed by atoms with Crippen LogP contribution in [0.3, 0.4) is 0 Å².